The molecular weight excluding hydrogens is 396 g/mol. The molecule has 7 heteroatoms. The lowest BCUT2D eigenvalue weighted by Crippen LogP contribution is -2.30. The van der Waals surface area contributed by atoms with E-state index in [-0.39, 0.29) is 21.4 Å². The van der Waals surface area contributed by atoms with E-state index in [0.29, 0.717) is 18.8 Å². The Morgan fingerprint density at radius 1 is 1.11 bits per heavy atom. The zero-order chi connectivity index (χ0) is 20.9. The molecule has 0 aromatic heterocycles. The van der Waals surface area contributed by atoms with Crippen LogP contribution in [0.5, 0.6) is 0 Å². The fourth-order valence-corrected chi connectivity index (χ4v) is 4.69. The number of carbonyl (C=O) groups excluding carboxylic acids is 1. The highest BCUT2D eigenvalue weighted by Gasteiger charge is 2.24. The average Bonchev–Trinajstić information content (AvgIpc) is 2.68. The Kier molecular flexibility index (Phi) is 7.63. The normalized spacial score (nSPS) is 12.8. The molecule has 1 amide bonds. The Bertz CT molecular complexity index is 940. The minimum absolute atomic E-state index is 0.0564. The first-order valence-corrected chi connectivity index (χ1v) is 11.3. The highest BCUT2D eigenvalue weighted by molar-refractivity contribution is 7.89. The van der Waals surface area contributed by atoms with Crippen LogP contribution in [0.4, 0.5) is 5.69 Å². The number of nitrogens with zero attached hydrogens (tertiary/aromatic N) is 1. The van der Waals surface area contributed by atoms with E-state index in [1.165, 1.54) is 22.5 Å². The predicted molar refractivity (Wildman–Crippen MR) is 115 cm³/mol. The molecule has 2 aromatic carbocycles. The summed E-state index contributed by atoms with van der Waals surface area (Å²) in [6.45, 7) is 8.43. The molecule has 0 aliphatic heterocycles. The van der Waals surface area contributed by atoms with Gasteiger partial charge in [-0.1, -0.05) is 57.5 Å². The number of hydrogen-bond acceptors (Lipinski definition) is 3. The molecule has 0 heterocycles. The van der Waals surface area contributed by atoms with Crippen LogP contribution in [0, 0.1) is 0 Å². The molecule has 0 aliphatic carbocycles. The summed E-state index contributed by atoms with van der Waals surface area (Å²) in [5.74, 6) is -0.154. The van der Waals surface area contributed by atoms with Crippen molar-refractivity contribution in [3.05, 3.63) is 58.6 Å². The van der Waals surface area contributed by atoms with E-state index in [1.54, 1.807) is 13.8 Å². The molecule has 2 aromatic rings. The van der Waals surface area contributed by atoms with Gasteiger partial charge < -0.3 is 5.32 Å². The molecule has 0 spiro atoms. The maximum absolute atomic E-state index is 12.9. The molecule has 0 fully saturated rings. The largest absolute Gasteiger partial charge is 0.322 e. The van der Waals surface area contributed by atoms with Gasteiger partial charge in [0, 0.05) is 18.8 Å². The van der Waals surface area contributed by atoms with Gasteiger partial charge in [-0.25, -0.2) is 8.42 Å². The van der Waals surface area contributed by atoms with Crippen molar-refractivity contribution >= 4 is 33.2 Å². The number of para-hydroxylation sites is 1. The van der Waals surface area contributed by atoms with Gasteiger partial charge in [0.2, 0.25) is 10.0 Å². The number of sulfonamides is 1. The molecule has 1 atom stereocenters. The van der Waals surface area contributed by atoms with Crippen LogP contribution in [0.15, 0.2) is 47.4 Å². The van der Waals surface area contributed by atoms with E-state index in [1.807, 2.05) is 24.3 Å². The summed E-state index contributed by atoms with van der Waals surface area (Å²) < 4.78 is 26.9. The van der Waals surface area contributed by atoms with Crippen molar-refractivity contribution < 1.29 is 13.2 Å². The maximum atomic E-state index is 12.9. The summed E-state index contributed by atoms with van der Waals surface area (Å²) in [7, 11) is -3.68. The van der Waals surface area contributed by atoms with Crippen molar-refractivity contribution in [3.63, 3.8) is 0 Å². The quantitative estimate of drug-likeness (QED) is 0.640. The van der Waals surface area contributed by atoms with Gasteiger partial charge in [0.25, 0.3) is 5.91 Å². The lowest BCUT2D eigenvalue weighted by Gasteiger charge is -2.19. The number of anilines is 1. The molecule has 0 saturated heterocycles. The van der Waals surface area contributed by atoms with Crippen molar-refractivity contribution in [1.82, 2.24) is 4.31 Å². The number of hydrogen-bond donors (Lipinski definition) is 1. The monoisotopic (exact) mass is 422 g/mol. The molecule has 1 N–H and O–H groups in total. The highest BCUT2D eigenvalue weighted by atomic mass is 35.5. The van der Waals surface area contributed by atoms with Crippen molar-refractivity contribution in [1.29, 1.82) is 0 Å². The van der Waals surface area contributed by atoms with E-state index in [2.05, 4.69) is 19.2 Å². The zero-order valence-corrected chi connectivity index (χ0v) is 18.3. The number of nitrogens with one attached hydrogen (secondary N) is 1. The van der Waals surface area contributed by atoms with Crippen LogP contribution in [-0.2, 0) is 10.0 Å². The third-order valence-electron chi connectivity index (χ3n) is 4.88. The molecule has 0 aliphatic rings. The molecule has 0 bridgehead atoms. The van der Waals surface area contributed by atoms with Crippen LogP contribution < -0.4 is 5.32 Å². The van der Waals surface area contributed by atoms with Gasteiger partial charge in [-0.05, 0) is 42.2 Å². The first-order valence-electron chi connectivity index (χ1n) is 9.46. The van der Waals surface area contributed by atoms with Gasteiger partial charge >= 0.3 is 0 Å². The van der Waals surface area contributed by atoms with Crippen LogP contribution in [0.2, 0.25) is 5.02 Å². The lowest BCUT2D eigenvalue weighted by atomic mass is 9.97. The second kappa shape index (κ2) is 9.54. The zero-order valence-electron chi connectivity index (χ0n) is 16.7. The summed E-state index contributed by atoms with van der Waals surface area (Å²) in [6, 6.07) is 11.8. The van der Waals surface area contributed by atoms with Crippen LogP contribution >= 0.6 is 11.6 Å². The topological polar surface area (TPSA) is 66.5 Å². The van der Waals surface area contributed by atoms with Gasteiger partial charge in [0.1, 0.15) is 0 Å². The van der Waals surface area contributed by atoms with Crippen LogP contribution in [0.1, 0.15) is 56.0 Å². The number of carbonyl (C=O) groups is 1. The van der Waals surface area contributed by atoms with Gasteiger partial charge in [0.15, 0.2) is 0 Å². The standard InChI is InChI=1S/C21H27ClN2O3S/c1-5-15(4)17-10-8-9-11-20(17)23-21(25)18-14-16(12-13-19(18)22)28(26,27)24(6-2)7-3/h8-15H,5-7H2,1-4H3,(H,23,25)/t15-/m1/s1. The van der Waals surface area contributed by atoms with Gasteiger partial charge in [-0.3, -0.25) is 4.79 Å². The molecular formula is C21H27ClN2O3S. The molecule has 28 heavy (non-hydrogen) atoms. The first-order chi connectivity index (χ1) is 13.3. The Hall–Kier alpha value is -1.89. The van der Waals surface area contributed by atoms with Gasteiger partial charge in [-0.2, -0.15) is 4.31 Å². The smallest absolute Gasteiger partial charge is 0.257 e. The van der Waals surface area contributed by atoms with Gasteiger partial charge in [0.05, 0.1) is 15.5 Å². The minimum atomic E-state index is -3.68. The Morgan fingerprint density at radius 3 is 2.36 bits per heavy atom. The Morgan fingerprint density at radius 2 is 1.75 bits per heavy atom. The van der Waals surface area contributed by atoms with Gasteiger partial charge in [-0.15, -0.1) is 0 Å². The highest BCUT2D eigenvalue weighted by Crippen LogP contribution is 2.28. The van der Waals surface area contributed by atoms with E-state index in [4.69, 9.17) is 11.6 Å². The molecule has 2 rings (SSSR count). The summed E-state index contributed by atoms with van der Waals surface area (Å²) in [5, 5.41) is 3.09. The molecule has 0 saturated carbocycles. The van der Waals surface area contributed by atoms with E-state index in [9.17, 15) is 13.2 Å². The fourth-order valence-electron chi connectivity index (χ4n) is 3.00. The Balaban J connectivity index is 2.40. The predicted octanol–water partition coefficient (Wildman–Crippen LogP) is 5.14. The van der Waals surface area contributed by atoms with Crippen molar-refractivity contribution in [3.8, 4) is 0 Å². The molecule has 5 nitrogen and oxygen atoms in total. The van der Waals surface area contributed by atoms with Crippen LogP contribution in [0.3, 0.4) is 0 Å². The first kappa shape index (κ1) is 22.4. The third kappa shape index (κ3) is 4.74. The second-order valence-corrected chi connectivity index (χ2v) is 8.93. The number of benzene rings is 2. The summed E-state index contributed by atoms with van der Waals surface area (Å²) >= 11 is 6.22. The Labute approximate surface area is 172 Å². The van der Waals surface area contributed by atoms with E-state index >= 15 is 0 Å². The number of amides is 1. The summed E-state index contributed by atoms with van der Waals surface area (Å²) in [6.07, 6.45) is 0.936. The van der Waals surface area contributed by atoms with Crippen LogP contribution in [-0.4, -0.2) is 31.7 Å². The summed E-state index contributed by atoms with van der Waals surface area (Å²) in [5.41, 5.74) is 1.87. The van der Waals surface area contributed by atoms with Crippen molar-refractivity contribution in [2.24, 2.45) is 0 Å². The summed E-state index contributed by atoms with van der Waals surface area (Å²) in [4.78, 5) is 12.9. The SMILES string of the molecule is CC[C@@H](C)c1ccccc1NC(=O)c1cc(S(=O)(=O)N(CC)CC)ccc1Cl. The van der Waals surface area contributed by atoms with Crippen molar-refractivity contribution in [2.75, 3.05) is 18.4 Å². The maximum Gasteiger partial charge on any atom is 0.257 e. The van der Waals surface area contributed by atoms with E-state index < -0.39 is 15.9 Å². The fraction of sp³-hybridized carbons (Fsp3) is 0.381. The second-order valence-electron chi connectivity index (χ2n) is 6.58. The molecule has 152 valence electrons. The molecule has 0 unspecified atom stereocenters. The number of halogens is 1. The third-order valence-corrected chi connectivity index (χ3v) is 7.25. The van der Waals surface area contributed by atoms with Crippen LogP contribution in [0.25, 0.3) is 0 Å². The number of rotatable bonds is 8. The van der Waals surface area contributed by atoms with E-state index in [0.717, 1.165) is 12.0 Å². The van der Waals surface area contributed by atoms with Crippen molar-refractivity contribution in [2.45, 2.75) is 44.9 Å². The lowest BCUT2D eigenvalue weighted by molar-refractivity contribution is 0.102. The molecule has 0 radical (unpaired) electrons. The average molecular weight is 423 g/mol. The minimum Gasteiger partial charge on any atom is -0.322 e.